The standard InChI is InChI=1S/C18H15F2NO4/c1-24-18(23)16(12-9-11(19)6-7-13(12)20)21-17(22)15-8-10-4-2-3-5-14(10)25-15/h2-7,9,15-16H,8H2,1H3,(H,21,22)/t15-,16+/m1/s1. The predicted octanol–water partition coefficient (Wildman–Crippen LogP) is 2.30. The van der Waals surface area contributed by atoms with E-state index in [0.29, 0.717) is 12.2 Å². The number of hydrogen-bond acceptors (Lipinski definition) is 4. The third-order valence-electron chi connectivity index (χ3n) is 3.93. The molecule has 5 nitrogen and oxygen atoms in total. The van der Waals surface area contributed by atoms with Gasteiger partial charge in [0.2, 0.25) is 0 Å². The lowest BCUT2D eigenvalue weighted by Gasteiger charge is -2.19. The molecule has 130 valence electrons. The highest BCUT2D eigenvalue weighted by molar-refractivity contribution is 5.88. The predicted molar refractivity (Wildman–Crippen MR) is 83.8 cm³/mol. The lowest BCUT2D eigenvalue weighted by Crippen LogP contribution is -2.42. The normalized spacial score (nSPS) is 16.5. The summed E-state index contributed by atoms with van der Waals surface area (Å²) in [4.78, 5) is 24.4. The SMILES string of the molecule is COC(=O)[C@@H](NC(=O)[C@H]1Cc2ccccc2O1)c1cc(F)ccc1F. The molecule has 0 aliphatic carbocycles. The first-order chi connectivity index (χ1) is 12.0. The molecule has 1 heterocycles. The topological polar surface area (TPSA) is 64.6 Å². The minimum absolute atomic E-state index is 0.310. The molecule has 0 fully saturated rings. The highest BCUT2D eigenvalue weighted by atomic mass is 19.1. The first kappa shape index (κ1) is 16.9. The van der Waals surface area contributed by atoms with Gasteiger partial charge in [-0.2, -0.15) is 0 Å². The van der Waals surface area contributed by atoms with Gasteiger partial charge in [0.25, 0.3) is 5.91 Å². The van der Waals surface area contributed by atoms with Gasteiger partial charge in [-0.3, -0.25) is 4.79 Å². The van der Waals surface area contributed by atoms with E-state index in [1.165, 1.54) is 0 Å². The van der Waals surface area contributed by atoms with Crippen LogP contribution >= 0.6 is 0 Å². The Bertz CT molecular complexity index is 799. The largest absolute Gasteiger partial charge is 0.480 e. The Morgan fingerprint density at radius 3 is 2.72 bits per heavy atom. The van der Waals surface area contributed by atoms with E-state index < -0.39 is 35.7 Å². The van der Waals surface area contributed by atoms with Crippen molar-refractivity contribution >= 4 is 11.9 Å². The van der Waals surface area contributed by atoms with Crippen LogP contribution in [0.2, 0.25) is 0 Å². The fourth-order valence-electron chi connectivity index (χ4n) is 2.68. The molecule has 2 aromatic carbocycles. The third-order valence-corrected chi connectivity index (χ3v) is 3.93. The van der Waals surface area contributed by atoms with Gasteiger partial charge in [0.1, 0.15) is 17.4 Å². The van der Waals surface area contributed by atoms with Gasteiger partial charge < -0.3 is 14.8 Å². The summed E-state index contributed by atoms with van der Waals surface area (Å²) in [6.45, 7) is 0. The number of carbonyl (C=O) groups excluding carboxylic acids is 2. The quantitative estimate of drug-likeness (QED) is 0.862. The number of benzene rings is 2. The summed E-state index contributed by atoms with van der Waals surface area (Å²) in [6, 6.07) is 8.34. The molecule has 0 bridgehead atoms. The van der Waals surface area contributed by atoms with Gasteiger partial charge in [0.05, 0.1) is 7.11 Å². The van der Waals surface area contributed by atoms with Crippen molar-refractivity contribution in [3.05, 3.63) is 65.2 Å². The van der Waals surface area contributed by atoms with Crippen molar-refractivity contribution in [3.8, 4) is 5.75 Å². The Morgan fingerprint density at radius 1 is 1.24 bits per heavy atom. The molecule has 0 saturated carbocycles. The van der Waals surface area contributed by atoms with Crippen LogP contribution < -0.4 is 10.1 Å². The van der Waals surface area contributed by atoms with Crippen LogP contribution in [-0.2, 0) is 20.7 Å². The zero-order valence-corrected chi connectivity index (χ0v) is 13.3. The Kier molecular flexibility index (Phi) is 4.65. The number of halogens is 2. The van der Waals surface area contributed by atoms with Crippen LogP contribution in [0.1, 0.15) is 17.2 Å². The van der Waals surface area contributed by atoms with Crippen LogP contribution in [0, 0.1) is 11.6 Å². The van der Waals surface area contributed by atoms with Crippen molar-refractivity contribution in [2.75, 3.05) is 7.11 Å². The Hall–Kier alpha value is -2.96. The zero-order valence-electron chi connectivity index (χ0n) is 13.3. The van der Waals surface area contributed by atoms with E-state index >= 15 is 0 Å². The van der Waals surface area contributed by atoms with Gasteiger partial charge in [-0.15, -0.1) is 0 Å². The molecule has 1 aliphatic heterocycles. The van der Waals surface area contributed by atoms with Gasteiger partial charge in [-0.05, 0) is 29.8 Å². The summed E-state index contributed by atoms with van der Waals surface area (Å²) in [7, 11) is 1.10. The summed E-state index contributed by atoms with van der Waals surface area (Å²) in [5.74, 6) is -2.50. The van der Waals surface area contributed by atoms with E-state index in [0.717, 1.165) is 30.9 Å². The van der Waals surface area contributed by atoms with E-state index in [1.54, 1.807) is 12.1 Å². The number of hydrogen-bond donors (Lipinski definition) is 1. The third kappa shape index (κ3) is 3.45. The van der Waals surface area contributed by atoms with Crippen LogP contribution in [0.4, 0.5) is 8.78 Å². The number of esters is 1. The highest BCUT2D eigenvalue weighted by Crippen LogP contribution is 2.29. The molecule has 25 heavy (non-hydrogen) atoms. The fraction of sp³-hybridized carbons (Fsp3) is 0.222. The molecule has 1 amide bonds. The highest BCUT2D eigenvalue weighted by Gasteiger charge is 2.33. The minimum Gasteiger partial charge on any atom is -0.480 e. The van der Waals surface area contributed by atoms with E-state index in [4.69, 9.17) is 4.74 Å². The lowest BCUT2D eigenvalue weighted by atomic mass is 10.0. The number of para-hydroxylation sites is 1. The number of nitrogens with one attached hydrogen (secondary N) is 1. The Balaban J connectivity index is 1.81. The first-order valence-electron chi connectivity index (χ1n) is 7.57. The molecule has 1 N–H and O–H groups in total. The number of ether oxygens (including phenoxy) is 2. The van der Waals surface area contributed by atoms with Crippen LogP contribution in [0.3, 0.4) is 0 Å². The van der Waals surface area contributed by atoms with E-state index in [1.807, 2.05) is 12.1 Å². The summed E-state index contributed by atoms with van der Waals surface area (Å²) < 4.78 is 37.6. The average Bonchev–Trinajstić information content (AvgIpc) is 3.05. The van der Waals surface area contributed by atoms with Gasteiger partial charge in [0.15, 0.2) is 12.1 Å². The summed E-state index contributed by atoms with van der Waals surface area (Å²) >= 11 is 0. The van der Waals surface area contributed by atoms with Crippen molar-refractivity contribution < 1.29 is 27.8 Å². The Morgan fingerprint density at radius 2 is 2.00 bits per heavy atom. The second-order valence-electron chi connectivity index (χ2n) is 5.55. The molecule has 7 heteroatoms. The maximum Gasteiger partial charge on any atom is 0.333 e. The molecular weight excluding hydrogens is 332 g/mol. The maximum absolute atomic E-state index is 14.0. The van der Waals surface area contributed by atoms with Crippen molar-refractivity contribution in [1.29, 1.82) is 0 Å². The van der Waals surface area contributed by atoms with Crippen molar-refractivity contribution in [2.24, 2.45) is 0 Å². The number of fused-ring (bicyclic) bond motifs is 1. The first-order valence-corrected chi connectivity index (χ1v) is 7.57. The number of amides is 1. The number of methoxy groups -OCH3 is 1. The molecule has 2 atom stereocenters. The molecule has 0 saturated heterocycles. The van der Waals surface area contributed by atoms with E-state index in [-0.39, 0.29) is 5.56 Å². The van der Waals surface area contributed by atoms with Crippen molar-refractivity contribution in [3.63, 3.8) is 0 Å². The Labute approximate surface area is 142 Å². The molecule has 0 radical (unpaired) electrons. The van der Waals surface area contributed by atoms with Crippen LogP contribution in [0.5, 0.6) is 5.75 Å². The second-order valence-corrected chi connectivity index (χ2v) is 5.55. The maximum atomic E-state index is 14.0. The lowest BCUT2D eigenvalue weighted by molar-refractivity contribution is -0.146. The minimum atomic E-state index is -1.47. The molecule has 3 rings (SSSR count). The van der Waals surface area contributed by atoms with Crippen LogP contribution in [0.25, 0.3) is 0 Å². The summed E-state index contributed by atoms with van der Waals surface area (Å²) in [5.41, 5.74) is 0.546. The fourth-order valence-corrected chi connectivity index (χ4v) is 2.68. The van der Waals surface area contributed by atoms with Gasteiger partial charge in [-0.25, -0.2) is 13.6 Å². The summed E-state index contributed by atoms with van der Waals surface area (Å²) in [6.07, 6.45) is -0.539. The molecule has 0 unspecified atom stereocenters. The second kappa shape index (κ2) is 6.88. The number of rotatable bonds is 4. The summed E-state index contributed by atoms with van der Waals surface area (Å²) in [5, 5.41) is 2.38. The molecule has 2 aromatic rings. The molecule has 1 aliphatic rings. The number of carbonyl (C=O) groups is 2. The average molecular weight is 347 g/mol. The molecule has 0 aromatic heterocycles. The smallest absolute Gasteiger partial charge is 0.333 e. The van der Waals surface area contributed by atoms with Crippen molar-refractivity contribution in [2.45, 2.75) is 18.6 Å². The zero-order chi connectivity index (χ0) is 18.0. The van der Waals surface area contributed by atoms with Gasteiger partial charge in [0, 0.05) is 12.0 Å². The van der Waals surface area contributed by atoms with Crippen molar-refractivity contribution in [1.82, 2.24) is 5.32 Å². The van der Waals surface area contributed by atoms with Crippen LogP contribution in [0.15, 0.2) is 42.5 Å². The molecular formula is C18H15F2NO4. The van der Waals surface area contributed by atoms with Crippen LogP contribution in [-0.4, -0.2) is 25.1 Å². The van der Waals surface area contributed by atoms with Gasteiger partial charge >= 0.3 is 5.97 Å². The molecule has 0 spiro atoms. The van der Waals surface area contributed by atoms with Gasteiger partial charge in [-0.1, -0.05) is 18.2 Å². The monoisotopic (exact) mass is 347 g/mol. The van der Waals surface area contributed by atoms with E-state index in [9.17, 15) is 18.4 Å². The van der Waals surface area contributed by atoms with E-state index in [2.05, 4.69) is 10.1 Å².